The van der Waals surface area contributed by atoms with E-state index in [1.807, 2.05) is 18.8 Å². The number of carboxylic acid groups (broad SMARTS) is 1. The summed E-state index contributed by atoms with van der Waals surface area (Å²) in [5.74, 6) is 0.226. The molecule has 3 nitrogen and oxygen atoms in total. The summed E-state index contributed by atoms with van der Waals surface area (Å²) in [5.41, 5.74) is 0. The Morgan fingerprint density at radius 2 is 2.14 bits per heavy atom. The minimum Gasteiger partial charge on any atom is -0.481 e. The van der Waals surface area contributed by atoms with Crippen molar-refractivity contribution in [1.29, 1.82) is 0 Å². The number of unbranched alkanes of at least 4 members (excludes halogenated alkanes) is 1. The Hall–Kier alpha value is -0.220. The summed E-state index contributed by atoms with van der Waals surface area (Å²) in [6, 6.07) is 0. The standard InChI is InChI=1S/C10H21NO2S/c1-9(10(12)13)8-11(2)6-4-5-7-14-3/h9H,4-8H2,1-3H3,(H,12,13). The maximum atomic E-state index is 10.6. The first-order valence-corrected chi connectivity index (χ1v) is 6.37. The van der Waals surface area contributed by atoms with Crippen molar-refractivity contribution in [3.8, 4) is 0 Å². The van der Waals surface area contributed by atoms with Gasteiger partial charge in [0.15, 0.2) is 0 Å². The van der Waals surface area contributed by atoms with Gasteiger partial charge in [-0.05, 0) is 38.4 Å². The van der Waals surface area contributed by atoms with Gasteiger partial charge in [-0.1, -0.05) is 6.92 Å². The molecule has 1 unspecified atom stereocenters. The Labute approximate surface area is 90.9 Å². The molecule has 0 bridgehead atoms. The van der Waals surface area contributed by atoms with Gasteiger partial charge in [-0.15, -0.1) is 0 Å². The van der Waals surface area contributed by atoms with Crippen LogP contribution in [0.5, 0.6) is 0 Å². The third kappa shape index (κ3) is 7.21. The number of thioether (sulfide) groups is 1. The minimum absolute atomic E-state index is 0.263. The molecule has 14 heavy (non-hydrogen) atoms. The summed E-state index contributed by atoms with van der Waals surface area (Å²) in [6.45, 7) is 3.40. The zero-order valence-corrected chi connectivity index (χ0v) is 10.1. The van der Waals surface area contributed by atoms with Crippen molar-refractivity contribution >= 4 is 17.7 Å². The maximum absolute atomic E-state index is 10.6. The van der Waals surface area contributed by atoms with Gasteiger partial charge in [0, 0.05) is 6.54 Å². The van der Waals surface area contributed by atoms with Crippen molar-refractivity contribution in [1.82, 2.24) is 4.90 Å². The molecule has 0 heterocycles. The zero-order valence-electron chi connectivity index (χ0n) is 9.32. The second kappa shape index (κ2) is 8.12. The molecule has 1 atom stereocenters. The van der Waals surface area contributed by atoms with Gasteiger partial charge in [-0.3, -0.25) is 4.79 Å². The molecule has 0 saturated heterocycles. The number of carbonyl (C=O) groups is 1. The lowest BCUT2D eigenvalue weighted by Crippen LogP contribution is -2.29. The fraction of sp³-hybridized carbons (Fsp3) is 0.900. The minimum atomic E-state index is -0.707. The second-order valence-corrected chi connectivity index (χ2v) is 4.69. The third-order valence-electron chi connectivity index (χ3n) is 2.15. The van der Waals surface area contributed by atoms with Gasteiger partial charge >= 0.3 is 5.97 Å². The molecule has 0 saturated carbocycles. The highest BCUT2D eigenvalue weighted by atomic mass is 32.2. The van der Waals surface area contributed by atoms with Gasteiger partial charge in [-0.2, -0.15) is 11.8 Å². The highest BCUT2D eigenvalue weighted by molar-refractivity contribution is 7.98. The Morgan fingerprint density at radius 1 is 1.50 bits per heavy atom. The summed E-state index contributed by atoms with van der Waals surface area (Å²) in [7, 11) is 1.98. The normalized spacial score (nSPS) is 13.1. The van der Waals surface area contributed by atoms with Gasteiger partial charge in [0.1, 0.15) is 0 Å². The summed E-state index contributed by atoms with van der Waals surface area (Å²) in [5, 5.41) is 8.71. The first-order valence-electron chi connectivity index (χ1n) is 4.98. The highest BCUT2D eigenvalue weighted by Crippen LogP contribution is 2.03. The van der Waals surface area contributed by atoms with Crippen LogP contribution in [0.2, 0.25) is 0 Å². The van der Waals surface area contributed by atoms with E-state index >= 15 is 0 Å². The van der Waals surface area contributed by atoms with Gasteiger partial charge < -0.3 is 10.0 Å². The molecule has 0 amide bonds. The van der Waals surface area contributed by atoms with E-state index in [1.165, 1.54) is 12.2 Å². The monoisotopic (exact) mass is 219 g/mol. The van der Waals surface area contributed by atoms with Crippen LogP contribution < -0.4 is 0 Å². The van der Waals surface area contributed by atoms with Crippen LogP contribution >= 0.6 is 11.8 Å². The smallest absolute Gasteiger partial charge is 0.307 e. The highest BCUT2D eigenvalue weighted by Gasteiger charge is 2.12. The van der Waals surface area contributed by atoms with Crippen LogP contribution in [-0.2, 0) is 4.79 Å². The second-order valence-electron chi connectivity index (χ2n) is 3.70. The van der Waals surface area contributed by atoms with Gasteiger partial charge in [0.2, 0.25) is 0 Å². The Bertz CT molecular complexity index is 164. The molecule has 0 aliphatic rings. The quantitative estimate of drug-likeness (QED) is 0.632. The van der Waals surface area contributed by atoms with E-state index in [0.717, 1.165) is 13.0 Å². The van der Waals surface area contributed by atoms with Crippen molar-refractivity contribution in [2.45, 2.75) is 19.8 Å². The topological polar surface area (TPSA) is 40.5 Å². The van der Waals surface area contributed by atoms with Gasteiger partial charge in [0.25, 0.3) is 0 Å². The van der Waals surface area contributed by atoms with E-state index in [9.17, 15) is 4.79 Å². The summed E-state index contributed by atoms with van der Waals surface area (Å²) >= 11 is 1.86. The number of hydrogen-bond donors (Lipinski definition) is 1. The average molecular weight is 219 g/mol. The molecule has 1 N–H and O–H groups in total. The summed E-state index contributed by atoms with van der Waals surface area (Å²) in [4.78, 5) is 12.7. The van der Waals surface area contributed by atoms with Crippen LogP contribution in [0.25, 0.3) is 0 Å². The number of hydrogen-bond acceptors (Lipinski definition) is 3. The number of carboxylic acids is 1. The number of rotatable bonds is 8. The van der Waals surface area contributed by atoms with E-state index in [4.69, 9.17) is 5.11 Å². The van der Waals surface area contributed by atoms with E-state index in [2.05, 4.69) is 11.2 Å². The lowest BCUT2D eigenvalue weighted by atomic mass is 10.1. The largest absolute Gasteiger partial charge is 0.481 e. The molecule has 0 aromatic rings. The van der Waals surface area contributed by atoms with Crippen molar-refractivity contribution in [3.63, 3.8) is 0 Å². The van der Waals surface area contributed by atoms with E-state index < -0.39 is 5.97 Å². The van der Waals surface area contributed by atoms with E-state index in [-0.39, 0.29) is 5.92 Å². The molecule has 0 aliphatic carbocycles. The lowest BCUT2D eigenvalue weighted by molar-refractivity contribution is -0.141. The van der Waals surface area contributed by atoms with Crippen LogP contribution in [0, 0.1) is 5.92 Å². The molecule has 0 radical (unpaired) electrons. The van der Waals surface area contributed by atoms with Crippen LogP contribution in [0.4, 0.5) is 0 Å². The summed E-state index contributed by atoms with van der Waals surface area (Å²) < 4.78 is 0. The number of nitrogens with zero attached hydrogens (tertiary/aromatic N) is 1. The van der Waals surface area contributed by atoms with Gasteiger partial charge in [-0.25, -0.2) is 0 Å². The van der Waals surface area contributed by atoms with Gasteiger partial charge in [0.05, 0.1) is 5.92 Å². The molecule has 0 aliphatic heterocycles. The maximum Gasteiger partial charge on any atom is 0.307 e. The third-order valence-corrected chi connectivity index (χ3v) is 2.84. The predicted molar refractivity (Wildman–Crippen MR) is 61.9 cm³/mol. The average Bonchev–Trinajstić information content (AvgIpc) is 2.12. The van der Waals surface area contributed by atoms with Crippen molar-refractivity contribution in [3.05, 3.63) is 0 Å². The van der Waals surface area contributed by atoms with Crippen molar-refractivity contribution in [2.75, 3.05) is 32.1 Å². The molecule has 84 valence electrons. The Kier molecular flexibility index (Phi) is 7.99. The first kappa shape index (κ1) is 13.8. The SMILES string of the molecule is CSCCCCN(C)CC(C)C(=O)O. The molecule has 0 aromatic heterocycles. The fourth-order valence-electron chi connectivity index (χ4n) is 1.27. The molecular formula is C10H21NO2S. The van der Waals surface area contributed by atoms with Crippen molar-refractivity contribution in [2.24, 2.45) is 5.92 Å². The molecule has 0 aromatic carbocycles. The molecule has 0 fully saturated rings. The number of aliphatic carboxylic acids is 1. The van der Waals surface area contributed by atoms with Crippen molar-refractivity contribution < 1.29 is 9.90 Å². The lowest BCUT2D eigenvalue weighted by Gasteiger charge is -2.18. The molecule has 0 rings (SSSR count). The fourth-order valence-corrected chi connectivity index (χ4v) is 1.76. The van der Waals surface area contributed by atoms with Crippen LogP contribution in [-0.4, -0.2) is 48.1 Å². The predicted octanol–water partition coefficient (Wildman–Crippen LogP) is 1.78. The van der Waals surface area contributed by atoms with E-state index in [0.29, 0.717) is 6.54 Å². The van der Waals surface area contributed by atoms with Crippen LogP contribution in [0.1, 0.15) is 19.8 Å². The summed E-state index contributed by atoms with van der Waals surface area (Å²) in [6.07, 6.45) is 4.48. The first-order chi connectivity index (χ1) is 6.57. The molecule has 4 heteroatoms. The molecule has 0 spiro atoms. The van der Waals surface area contributed by atoms with E-state index in [1.54, 1.807) is 6.92 Å². The van der Waals surface area contributed by atoms with Crippen LogP contribution in [0.3, 0.4) is 0 Å². The Morgan fingerprint density at radius 3 is 2.64 bits per heavy atom. The Balaban J connectivity index is 3.45. The molecular weight excluding hydrogens is 198 g/mol. The van der Waals surface area contributed by atoms with Crippen LogP contribution in [0.15, 0.2) is 0 Å². The zero-order chi connectivity index (χ0) is 11.0.